The minimum absolute atomic E-state index is 0.000244. The van der Waals surface area contributed by atoms with E-state index in [-0.39, 0.29) is 6.42 Å². The molecule has 17 heteroatoms. The summed E-state index contributed by atoms with van der Waals surface area (Å²) in [7, 11) is 0.958. The van der Waals surface area contributed by atoms with Crippen LogP contribution in [0.5, 0.6) is 0 Å². The van der Waals surface area contributed by atoms with Crippen molar-refractivity contribution in [3.05, 3.63) is 0 Å². The van der Waals surface area contributed by atoms with E-state index in [9.17, 15) is 66.7 Å². The van der Waals surface area contributed by atoms with Crippen molar-refractivity contribution in [3.8, 4) is 0 Å². The first kappa shape index (κ1) is 32.0. The molecule has 34 heavy (non-hydrogen) atoms. The quantitative estimate of drug-likeness (QED) is 0.245. The molecule has 0 saturated heterocycles. The summed E-state index contributed by atoms with van der Waals surface area (Å²) >= 11 is 0. The van der Waals surface area contributed by atoms with Crippen LogP contribution in [0.4, 0.5) is 57.1 Å². The largest absolute Gasteiger partial charge is 0.469 e. The Balaban J connectivity index is 5.80. The lowest BCUT2D eigenvalue weighted by Crippen LogP contribution is -2.70. The van der Waals surface area contributed by atoms with E-state index in [1.54, 1.807) is 0 Å². The molecule has 0 saturated carbocycles. The minimum atomic E-state index is -8.04. The van der Waals surface area contributed by atoms with Gasteiger partial charge in [0, 0.05) is 0 Å². The zero-order chi connectivity index (χ0) is 27.8. The van der Waals surface area contributed by atoms with Crippen molar-refractivity contribution in [3.63, 3.8) is 0 Å². The number of carbonyl (C=O) groups excluding carboxylic acids is 2. The normalized spacial score (nSPS) is 17.1. The molecular formula is C17H19F13O4. The molecule has 0 aromatic rings. The average Bonchev–Trinajstić information content (AvgIpc) is 2.69. The summed E-state index contributed by atoms with van der Waals surface area (Å²) < 4.78 is 178. The molecule has 2 unspecified atom stereocenters. The average molecular weight is 534 g/mol. The van der Waals surface area contributed by atoms with Gasteiger partial charge in [0.2, 0.25) is 0 Å². The maximum absolute atomic E-state index is 13.7. The van der Waals surface area contributed by atoms with E-state index in [1.807, 2.05) is 0 Å². The fourth-order valence-electron chi connectivity index (χ4n) is 2.57. The fraction of sp³-hybridized carbons (Fsp3) is 0.882. The molecule has 0 aromatic carbocycles. The Bertz CT molecular complexity index is 748. The maximum Gasteiger partial charge on any atom is 0.460 e. The highest BCUT2D eigenvalue weighted by Crippen LogP contribution is 2.60. The number of carbonyl (C=O) groups is 2. The molecule has 0 radical (unpaired) electrons. The first-order valence-corrected chi connectivity index (χ1v) is 9.01. The second-order valence-electron chi connectivity index (χ2n) is 7.62. The number of rotatable bonds is 11. The molecule has 4 nitrogen and oxygen atoms in total. The van der Waals surface area contributed by atoms with Gasteiger partial charge in [-0.05, 0) is 19.8 Å². The zero-order valence-electron chi connectivity index (χ0n) is 17.7. The molecule has 0 N–H and O–H groups in total. The van der Waals surface area contributed by atoms with E-state index >= 15 is 0 Å². The third-order valence-corrected chi connectivity index (χ3v) is 5.01. The van der Waals surface area contributed by atoms with Gasteiger partial charge in [0.05, 0.1) is 18.4 Å². The number of hydrogen-bond acceptors (Lipinski definition) is 4. The molecule has 0 aliphatic carbocycles. The third-order valence-electron chi connectivity index (χ3n) is 5.01. The van der Waals surface area contributed by atoms with E-state index in [0.717, 1.165) is 14.0 Å². The van der Waals surface area contributed by atoms with E-state index in [2.05, 4.69) is 9.47 Å². The first-order chi connectivity index (χ1) is 14.8. The Morgan fingerprint density at radius 2 is 1.18 bits per heavy atom. The fourth-order valence-corrected chi connectivity index (χ4v) is 2.57. The van der Waals surface area contributed by atoms with Crippen LogP contribution < -0.4 is 0 Å². The Hall–Kier alpha value is -1.97. The lowest BCUT2D eigenvalue weighted by atomic mass is 9.79. The van der Waals surface area contributed by atoms with Crippen molar-refractivity contribution >= 4 is 11.9 Å². The molecule has 0 rings (SSSR count). The number of esters is 2. The summed E-state index contributed by atoms with van der Waals surface area (Å²) in [6.45, 7) is 0.507. The van der Waals surface area contributed by atoms with Crippen molar-refractivity contribution < 1.29 is 76.1 Å². The van der Waals surface area contributed by atoms with Gasteiger partial charge in [-0.25, -0.2) is 0 Å². The molecule has 0 aromatic heterocycles. The predicted octanol–water partition coefficient (Wildman–Crippen LogP) is 5.88. The monoisotopic (exact) mass is 534 g/mol. The van der Waals surface area contributed by atoms with Crippen molar-refractivity contribution in [1.29, 1.82) is 0 Å². The Labute approximate surface area is 183 Å². The number of hydrogen-bond donors (Lipinski definition) is 0. The highest BCUT2D eigenvalue weighted by Gasteiger charge is 2.90. The predicted molar refractivity (Wildman–Crippen MR) is 85.9 cm³/mol. The second kappa shape index (κ2) is 9.59. The lowest BCUT2D eigenvalue weighted by Gasteiger charge is -2.39. The summed E-state index contributed by atoms with van der Waals surface area (Å²) in [5.41, 5.74) is -1.43. The molecule has 0 heterocycles. The van der Waals surface area contributed by atoms with Crippen LogP contribution in [-0.4, -0.2) is 61.4 Å². The number of ether oxygens (including phenoxy) is 2. The summed E-state index contributed by atoms with van der Waals surface area (Å²) in [4.78, 5) is 23.5. The minimum Gasteiger partial charge on any atom is -0.469 e. The smallest absolute Gasteiger partial charge is 0.460 e. The molecular weight excluding hydrogens is 515 g/mol. The maximum atomic E-state index is 13.7. The van der Waals surface area contributed by atoms with E-state index < -0.39 is 72.1 Å². The van der Waals surface area contributed by atoms with Crippen LogP contribution in [0.3, 0.4) is 0 Å². The topological polar surface area (TPSA) is 52.6 Å². The van der Waals surface area contributed by atoms with Gasteiger partial charge in [-0.2, -0.15) is 57.1 Å². The van der Waals surface area contributed by atoms with Crippen molar-refractivity contribution in [2.24, 2.45) is 11.3 Å². The van der Waals surface area contributed by atoms with Crippen molar-refractivity contribution in [1.82, 2.24) is 0 Å². The highest BCUT2D eigenvalue weighted by atomic mass is 19.4. The molecule has 0 amide bonds. The van der Waals surface area contributed by atoms with Gasteiger partial charge in [0.25, 0.3) is 0 Å². The van der Waals surface area contributed by atoms with Crippen molar-refractivity contribution in [2.45, 2.75) is 69.4 Å². The van der Waals surface area contributed by atoms with Crippen LogP contribution >= 0.6 is 0 Å². The molecule has 0 aliphatic heterocycles. The third kappa shape index (κ3) is 5.31. The van der Waals surface area contributed by atoms with E-state index in [1.165, 1.54) is 13.8 Å². The highest BCUT2D eigenvalue weighted by molar-refractivity contribution is 5.78. The van der Waals surface area contributed by atoms with Crippen LogP contribution in [-0.2, 0) is 19.1 Å². The molecule has 0 spiro atoms. The summed E-state index contributed by atoms with van der Waals surface area (Å²) in [6, 6.07) is 0. The molecule has 0 fully saturated rings. The van der Waals surface area contributed by atoms with Crippen molar-refractivity contribution in [2.75, 3.05) is 13.7 Å². The van der Waals surface area contributed by atoms with Crippen LogP contribution in [0.1, 0.15) is 33.6 Å². The first-order valence-electron chi connectivity index (χ1n) is 9.01. The van der Waals surface area contributed by atoms with Gasteiger partial charge in [0.1, 0.15) is 0 Å². The lowest BCUT2D eigenvalue weighted by molar-refractivity contribution is -0.441. The van der Waals surface area contributed by atoms with E-state index in [0.29, 0.717) is 0 Å². The van der Waals surface area contributed by atoms with Gasteiger partial charge in [0.15, 0.2) is 6.61 Å². The number of alkyl halides is 13. The Morgan fingerprint density at radius 1 is 0.765 bits per heavy atom. The summed E-state index contributed by atoms with van der Waals surface area (Å²) in [5, 5.41) is 0. The molecule has 2 atom stereocenters. The van der Waals surface area contributed by atoms with Crippen LogP contribution in [0.25, 0.3) is 0 Å². The summed E-state index contributed by atoms with van der Waals surface area (Å²) in [6.07, 6.45) is -8.03. The number of halogens is 13. The standard InChI is InChI=1S/C17H19F13O4/c1-5-11(3,10(32)33-4)6-8(2)9(31)34-7-12(18,19)13(20,21)14(22,23)15(24,25)16(26,27)17(28,29)30/h8H,5-7H2,1-4H3. The summed E-state index contributed by atoms with van der Waals surface area (Å²) in [5.74, 6) is -42.2. The SMILES string of the molecule is CCC(C)(CC(C)C(=O)OCC(F)(F)C(F)(F)C(F)(F)C(F)(F)C(F)(F)C(F)(F)F)C(=O)OC. The molecule has 0 bridgehead atoms. The zero-order valence-corrected chi connectivity index (χ0v) is 17.7. The van der Waals surface area contributed by atoms with Crippen LogP contribution in [0.2, 0.25) is 0 Å². The molecule has 202 valence electrons. The second-order valence-corrected chi connectivity index (χ2v) is 7.62. The van der Waals surface area contributed by atoms with Crippen LogP contribution in [0.15, 0.2) is 0 Å². The Morgan fingerprint density at radius 3 is 1.53 bits per heavy atom. The molecule has 0 aliphatic rings. The Kier molecular flexibility index (Phi) is 9.03. The van der Waals surface area contributed by atoms with Gasteiger partial charge in [-0.3, -0.25) is 9.59 Å². The van der Waals surface area contributed by atoms with Gasteiger partial charge >= 0.3 is 47.7 Å². The number of methoxy groups -OCH3 is 1. The van der Waals surface area contributed by atoms with Gasteiger partial charge in [-0.1, -0.05) is 13.8 Å². The van der Waals surface area contributed by atoms with E-state index in [4.69, 9.17) is 0 Å². The van der Waals surface area contributed by atoms with Gasteiger partial charge in [-0.15, -0.1) is 0 Å². The van der Waals surface area contributed by atoms with Crippen LogP contribution in [0, 0.1) is 11.3 Å². The van der Waals surface area contributed by atoms with Gasteiger partial charge < -0.3 is 9.47 Å².